The van der Waals surface area contributed by atoms with Crippen molar-refractivity contribution >= 4 is 33.3 Å². The van der Waals surface area contributed by atoms with Crippen molar-refractivity contribution < 1.29 is 0 Å². The van der Waals surface area contributed by atoms with Crippen LogP contribution in [0.2, 0.25) is 0 Å². The molecular formula is C15H19BrN4. The van der Waals surface area contributed by atoms with Gasteiger partial charge in [0.1, 0.15) is 17.5 Å². The van der Waals surface area contributed by atoms with Gasteiger partial charge < -0.3 is 10.6 Å². The maximum atomic E-state index is 4.63. The number of rotatable bonds is 4. The van der Waals surface area contributed by atoms with Gasteiger partial charge in [0.05, 0.1) is 5.69 Å². The number of anilines is 3. The molecule has 0 bridgehead atoms. The van der Waals surface area contributed by atoms with Gasteiger partial charge in [0.15, 0.2) is 0 Å². The van der Waals surface area contributed by atoms with E-state index >= 15 is 0 Å². The van der Waals surface area contributed by atoms with Crippen LogP contribution < -0.4 is 10.6 Å². The van der Waals surface area contributed by atoms with Crippen molar-refractivity contribution in [3.63, 3.8) is 0 Å². The molecule has 106 valence electrons. The lowest BCUT2D eigenvalue weighted by Gasteiger charge is -2.15. The Morgan fingerprint density at radius 3 is 2.35 bits per heavy atom. The first-order chi connectivity index (χ1) is 9.52. The second-order valence-corrected chi connectivity index (χ2v) is 5.77. The summed E-state index contributed by atoms with van der Waals surface area (Å²) < 4.78 is 1.01. The van der Waals surface area contributed by atoms with Crippen molar-refractivity contribution in [1.82, 2.24) is 9.97 Å². The lowest BCUT2D eigenvalue weighted by atomic mass is 10.2. The fourth-order valence-electron chi connectivity index (χ4n) is 1.85. The molecule has 0 aliphatic rings. The number of hydrogen-bond donors (Lipinski definition) is 2. The highest BCUT2D eigenvalue weighted by Gasteiger charge is 2.13. The van der Waals surface area contributed by atoms with Gasteiger partial charge in [0.25, 0.3) is 0 Å². The molecule has 0 unspecified atom stereocenters. The molecule has 0 atom stereocenters. The summed E-state index contributed by atoms with van der Waals surface area (Å²) in [6, 6.07) is 7.99. The fourth-order valence-corrected chi connectivity index (χ4v) is 2.23. The number of halogens is 1. The smallest absolute Gasteiger partial charge is 0.139 e. The van der Waals surface area contributed by atoms with E-state index in [1.807, 2.05) is 38.2 Å². The second kappa shape index (κ2) is 6.22. The summed E-state index contributed by atoms with van der Waals surface area (Å²) in [5, 5.41) is 6.50. The molecule has 0 saturated carbocycles. The molecular weight excluding hydrogens is 316 g/mol. The summed E-state index contributed by atoms with van der Waals surface area (Å²) in [5.41, 5.74) is 2.00. The Labute approximate surface area is 128 Å². The molecule has 2 N–H and O–H groups in total. The molecule has 0 aliphatic heterocycles. The maximum absolute atomic E-state index is 4.63. The lowest BCUT2D eigenvalue weighted by Crippen LogP contribution is -2.08. The number of aromatic nitrogens is 2. The SMILES string of the molecule is CNc1nc(C(C)C)nc(Nc2ccccc2Br)c1C. The third-order valence-corrected chi connectivity index (χ3v) is 3.73. The monoisotopic (exact) mass is 334 g/mol. The first kappa shape index (κ1) is 14.8. The molecule has 1 heterocycles. The fraction of sp³-hybridized carbons (Fsp3) is 0.333. The van der Waals surface area contributed by atoms with Crippen molar-refractivity contribution in [2.45, 2.75) is 26.7 Å². The van der Waals surface area contributed by atoms with Crippen molar-refractivity contribution in [2.75, 3.05) is 17.7 Å². The highest BCUT2D eigenvalue weighted by atomic mass is 79.9. The Morgan fingerprint density at radius 2 is 1.75 bits per heavy atom. The summed E-state index contributed by atoms with van der Waals surface area (Å²) in [7, 11) is 1.88. The van der Waals surface area contributed by atoms with Crippen LogP contribution >= 0.6 is 15.9 Å². The summed E-state index contributed by atoms with van der Waals surface area (Å²) >= 11 is 3.54. The summed E-state index contributed by atoms with van der Waals surface area (Å²) in [5.74, 6) is 2.80. The van der Waals surface area contributed by atoms with Crippen LogP contribution in [-0.2, 0) is 0 Å². The number of hydrogen-bond acceptors (Lipinski definition) is 4. The van der Waals surface area contributed by atoms with Crippen LogP contribution in [0, 0.1) is 6.92 Å². The predicted molar refractivity (Wildman–Crippen MR) is 87.8 cm³/mol. The molecule has 0 spiro atoms. The van der Waals surface area contributed by atoms with E-state index in [0.29, 0.717) is 0 Å². The van der Waals surface area contributed by atoms with Crippen LogP contribution in [0.1, 0.15) is 31.2 Å². The molecule has 5 heteroatoms. The highest BCUT2D eigenvalue weighted by molar-refractivity contribution is 9.10. The summed E-state index contributed by atoms with van der Waals surface area (Å²) in [6.07, 6.45) is 0. The first-order valence-corrected chi connectivity index (χ1v) is 7.40. The number of nitrogens with one attached hydrogen (secondary N) is 2. The Bertz CT molecular complexity index is 611. The topological polar surface area (TPSA) is 49.8 Å². The Hall–Kier alpha value is -1.62. The van der Waals surface area contributed by atoms with Gasteiger partial charge in [-0.15, -0.1) is 0 Å². The average molecular weight is 335 g/mol. The van der Waals surface area contributed by atoms with E-state index in [1.165, 1.54) is 0 Å². The highest BCUT2D eigenvalue weighted by Crippen LogP contribution is 2.29. The zero-order valence-electron chi connectivity index (χ0n) is 12.2. The van der Waals surface area contributed by atoms with Gasteiger partial charge in [-0.25, -0.2) is 9.97 Å². The zero-order chi connectivity index (χ0) is 14.7. The van der Waals surface area contributed by atoms with Crippen LogP contribution in [-0.4, -0.2) is 17.0 Å². The molecule has 2 rings (SSSR count). The molecule has 20 heavy (non-hydrogen) atoms. The van der Waals surface area contributed by atoms with Gasteiger partial charge in [-0.2, -0.15) is 0 Å². The van der Waals surface area contributed by atoms with Gasteiger partial charge in [0, 0.05) is 23.0 Å². The molecule has 0 fully saturated rings. The van der Waals surface area contributed by atoms with Gasteiger partial charge >= 0.3 is 0 Å². The predicted octanol–water partition coefficient (Wildman–Crippen LogP) is 4.46. The molecule has 1 aromatic carbocycles. The second-order valence-electron chi connectivity index (χ2n) is 4.91. The molecule has 4 nitrogen and oxygen atoms in total. The Balaban J connectivity index is 2.45. The molecule has 2 aromatic rings. The van der Waals surface area contributed by atoms with E-state index in [0.717, 1.165) is 33.2 Å². The molecule has 0 aliphatic carbocycles. The van der Waals surface area contributed by atoms with Crippen LogP contribution in [0.3, 0.4) is 0 Å². The van der Waals surface area contributed by atoms with E-state index in [2.05, 4.69) is 50.4 Å². The number of para-hydroxylation sites is 1. The van der Waals surface area contributed by atoms with Crippen LogP contribution in [0.4, 0.5) is 17.3 Å². The Kier molecular flexibility index (Phi) is 4.60. The van der Waals surface area contributed by atoms with Gasteiger partial charge in [-0.3, -0.25) is 0 Å². The minimum absolute atomic E-state index is 0.280. The van der Waals surface area contributed by atoms with Crippen LogP contribution in [0.15, 0.2) is 28.7 Å². The van der Waals surface area contributed by atoms with Crippen LogP contribution in [0.25, 0.3) is 0 Å². The molecule has 0 saturated heterocycles. The molecule has 0 radical (unpaired) electrons. The van der Waals surface area contributed by atoms with Crippen molar-refractivity contribution in [3.8, 4) is 0 Å². The minimum Gasteiger partial charge on any atom is -0.373 e. The van der Waals surface area contributed by atoms with Gasteiger partial charge in [0.2, 0.25) is 0 Å². The van der Waals surface area contributed by atoms with Gasteiger partial charge in [-0.05, 0) is 35.0 Å². The van der Waals surface area contributed by atoms with E-state index in [9.17, 15) is 0 Å². The average Bonchev–Trinajstić information content (AvgIpc) is 2.43. The third-order valence-electron chi connectivity index (χ3n) is 3.04. The lowest BCUT2D eigenvalue weighted by molar-refractivity contribution is 0.775. The summed E-state index contributed by atoms with van der Waals surface area (Å²) in [6.45, 7) is 6.19. The Morgan fingerprint density at radius 1 is 1.10 bits per heavy atom. The van der Waals surface area contributed by atoms with Crippen molar-refractivity contribution in [1.29, 1.82) is 0 Å². The molecule has 1 aromatic heterocycles. The normalized spacial score (nSPS) is 10.7. The van der Waals surface area contributed by atoms with E-state index in [-0.39, 0.29) is 5.92 Å². The first-order valence-electron chi connectivity index (χ1n) is 6.60. The zero-order valence-corrected chi connectivity index (χ0v) is 13.7. The maximum Gasteiger partial charge on any atom is 0.139 e. The number of benzene rings is 1. The molecule has 0 amide bonds. The van der Waals surface area contributed by atoms with Crippen molar-refractivity contribution in [2.24, 2.45) is 0 Å². The van der Waals surface area contributed by atoms with Crippen molar-refractivity contribution in [3.05, 3.63) is 40.1 Å². The third kappa shape index (κ3) is 3.10. The quantitative estimate of drug-likeness (QED) is 0.866. The standard InChI is InChI=1S/C15H19BrN4/c1-9(2)13-19-14(17-4)10(3)15(20-13)18-12-8-6-5-7-11(12)16/h5-9H,1-4H3,(H2,17,18,19,20). The summed E-state index contributed by atoms with van der Waals surface area (Å²) in [4.78, 5) is 9.17. The van der Waals surface area contributed by atoms with E-state index in [4.69, 9.17) is 0 Å². The van der Waals surface area contributed by atoms with Crippen LogP contribution in [0.5, 0.6) is 0 Å². The van der Waals surface area contributed by atoms with E-state index in [1.54, 1.807) is 0 Å². The number of nitrogens with zero attached hydrogens (tertiary/aromatic N) is 2. The minimum atomic E-state index is 0.280. The van der Waals surface area contributed by atoms with E-state index < -0.39 is 0 Å². The largest absolute Gasteiger partial charge is 0.373 e. The van der Waals surface area contributed by atoms with Gasteiger partial charge in [-0.1, -0.05) is 26.0 Å².